The summed E-state index contributed by atoms with van der Waals surface area (Å²) in [5, 5.41) is 6.48. The van der Waals surface area contributed by atoms with Gasteiger partial charge in [0.1, 0.15) is 17.5 Å². The molecule has 2 heterocycles. The molecule has 1 aromatic heterocycles. The molecule has 2 rings (SSSR count). The van der Waals surface area contributed by atoms with Crippen molar-refractivity contribution in [3.8, 4) is 0 Å². The Morgan fingerprint density at radius 1 is 1.50 bits per heavy atom. The third-order valence-electron chi connectivity index (χ3n) is 3.50. The van der Waals surface area contributed by atoms with Gasteiger partial charge >= 0.3 is 6.18 Å². The van der Waals surface area contributed by atoms with E-state index in [-0.39, 0.29) is 18.6 Å². The molecule has 0 unspecified atom stereocenters. The van der Waals surface area contributed by atoms with Gasteiger partial charge in [-0.2, -0.15) is 13.2 Å². The summed E-state index contributed by atoms with van der Waals surface area (Å²) < 4.78 is 46.6. The lowest BCUT2D eigenvalue weighted by molar-refractivity contribution is -0.148. The predicted molar refractivity (Wildman–Crippen MR) is 70.2 cm³/mol. The van der Waals surface area contributed by atoms with Gasteiger partial charge in [-0.05, 0) is 12.8 Å². The van der Waals surface area contributed by atoms with Crippen LogP contribution in [0.15, 0.2) is 10.8 Å². The highest BCUT2D eigenvalue weighted by Crippen LogP contribution is 2.20. The number of carbonyl (C=O) groups is 1. The normalized spacial score (nSPS) is 17.6. The Bertz CT molecular complexity index is 496. The van der Waals surface area contributed by atoms with Crippen LogP contribution < -0.4 is 5.32 Å². The van der Waals surface area contributed by atoms with E-state index < -0.39 is 12.7 Å². The zero-order valence-electron chi connectivity index (χ0n) is 12.2. The van der Waals surface area contributed by atoms with Gasteiger partial charge in [-0.15, -0.1) is 0 Å². The molecule has 1 aromatic rings. The molecule has 124 valence electrons. The Labute approximate surface area is 125 Å². The number of hydrogen-bond acceptors (Lipinski definition) is 5. The number of nitrogens with one attached hydrogen (secondary N) is 1. The molecule has 1 amide bonds. The number of alkyl halides is 3. The van der Waals surface area contributed by atoms with Crippen molar-refractivity contribution in [1.29, 1.82) is 0 Å². The fourth-order valence-electron chi connectivity index (χ4n) is 2.44. The zero-order valence-corrected chi connectivity index (χ0v) is 12.2. The van der Waals surface area contributed by atoms with E-state index >= 15 is 0 Å². The Hall–Kier alpha value is -1.61. The second kappa shape index (κ2) is 7.10. The van der Waals surface area contributed by atoms with Crippen LogP contribution in [0.25, 0.3) is 0 Å². The van der Waals surface area contributed by atoms with E-state index in [9.17, 15) is 18.0 Å². The molecule has 1 aliphatic rings. The van der Waals surface area contributed by atoms with Crippen LogP contribution >= 0.6 is 0 Å². The summed E-state index contributed by atoms with van der Waals surface area (Å²) in [7, 11) is 1.48. The van der Waals surface area contributed by atoms with Crippen LogP contribution in [0, 0.1) is 0 Å². The van der Waals surface area contributed by atoms with E-state index in [2.05, 4.69) is 10.5 Å². The summed E-state index contributed by atoms with van der Waals surface area (Å²) in [6, 6.07) is -0.151. The van der Waals surface area contributed by atoms with Gasteiger partial charge in [0.25, 0.3) is 5.91 Å². The van der Waals surface area contributed by atoms with Crippen LogP contribution in [-0.4, -0.2) is 54.9 Å². The molecule has 1 saturated heterocycles. The first-order valence-corrected chi connectivity index (χ1v) is 6.91. The van der Waals surface area contributed by atoms with Gasteiger partial charge in [0, 0.05) is 26.2 Å². The van der Waals surface area contributed by atoms with E-state index in [0.29, 0.717) is 37.2 Å². The molecule has 0 aromatic carbocycles. The number of methoxy groups -OCH3 is 1. The summed E-state index contributed by atoms with van der Waals surface area (Å²) in [6.45, 7) is -0.140. The van der Waals surface area contributed by atoms with Gasteiger partial charge in [-0.3, -0.25) is 9.69 Å². The molecule has 0 atom stereocenters. The highest BCUT2D eigenvalue weighted by atomic mass is 19.4. The number of rotatable bonds is 5. The van der Waals surface area contributed by atoms with E-state index in [4.69, 9.17) is 9.26 Å². The van der Waals surface area contributed by atoms with Crippen molar-refractivity contribution < 1.29 is 27.2 Å². The minimum absolute atomic E-state index is 0.151. The lowest BCUT2D eigenvalue weighted by Crippen LogP contribution is -2.47. The van der Waals surface area contributed by atoms with Crippen LogP contribution in [0.5, 0.6) is 0 Å². The van der Waals surface area contributed by atoms with E-state index in [1.807, 2.05) is 0 Å². The number of ether oxygens (including phenoxy) is 1. The molecule has 1 N–H and O–H groups in total. The molecule has 1 fully saturated rings. The van der Waals surface area contributed by atoms with Crippen molar-refractivity contribution in [3.05, 3.63) is 17.5 Å². The molecular formula is C13H18F3N3O3. The van der Waals surface area contributed by atoms with Gasteiger partial charge in [0.15, 0.2) is 0 Å². The fourth-order valence-corrected chi connectivity index (χ4v) is 2.44. The molecule has 22 heavy (non-hydrogen) atoms. The third kappa shape index (κ3) is 4.70. The second-order valence-electron chi connectivity index (χ2n) is 5.25. The topological polar surface area (TPSA) is 67.6 Å². The molecular weight excluding hydrogens is 303 g/mol. The minimum atomic E-state index is -4.19. The summed E-state index contributed by atoms with van der Waals surface area (Å²) in [6.07, 6.45) is -1.99. The van der Waals surface area contributed by atoms with E-state index in [1.54, 1.807) is 0 Å². The molecule has 0 radical (unpaired) electrons. The first-order valence-electron chi connectivity index (χ1n) is 6.91. The molecule has 6 nitrogen and oxygen atoms in total. The highest BCUT2D eigenvalue weighted by Gasteiger charge is 2.33. The first kappa shape index (κ1) is 16.8. The van der Waals surface area contributed by atoms with Crippen molar-refractivity contribution in [2.24, 2.45) is 0 Å². The van der Waals surface area contributed by atoms with Crippen molar-refractivity contribution in [3.63, 3.8) is 0 Å². The van der Waals surface area contributed by atoms with E-state index in [1.165, 1.54) is 18.3 Å². The number of nitrogens with zero attached hydrogens (tertiary/aromatic N) is 2. The Kier molecular flexibility index (Phi) is 5.41. The van der Waals surface area contributed by atoms with E-state index in [0.717, 1.165) is 0 Å². The van der Waals surface area contributed by atoms with Gasteiger partial charge in [0.05, 0.1) is 13.2 Å². The zero-order chi connectivity index (χ0) is 16.2. The molecule has 0 spiro atoms. The lowest BCUT2D eigenvalue weighted by Gasteiger charge is -2.32. The van der Waals surface area contributed by atoms with Crippen LogP contribution in [0.2, 0.25) is 0 Å². The van der Waals surface area contributed by atoms with Crippen LogP contribution in [0.1, 0.15) is 28.9 Å². The van der Waals surface area contributed by atoms with Gasteiger partial charge in [-0.25, -0.2) is 0 Å². The van der Waals surface area contributed by atoms with Crippen LogP contribution in [0.4, 0.5) is 13.2 Å². The van der Waals surface area contributed by atoms with Crippen molar-refractivity contribution in [2.45, 2.75) is 31.7 Å². The molecule has 0 aliphatic carbocycles. The minimum Gasteiger partial charge on any atom is -0.378 e. The van der Waals surface area contributed by atoms with Crippen LogP contribution in [0.3, 0.4) is 0 Å². The van der Waals surface area contributed by atoms with Crippen molar-refractivity contribution in [1.82, 2.24) is 15.4 Å². The summed E-state index contributed by atoms with van der Waals surface area (Å²) >= 11 is 0. The maximum atomic E-state index is 12.3. The maximum absolute atomic E-state index is 12.3. The number of hydrogen-bond donors (Lipinski definition) is 1. The molecule has 9 heteroatoms. The average Bonchev–Trinajstić information content (AvgIpc) is 2.88. The smallest absolute Gasteiger partial charge is 0.378 e. The lowest BCUT2D eigenvalue weighted by atomic mass is 10.0. The monoisotopic (exact) mass is 321 g/mol. The second-order valence-corrected chi connectivity index (χ2v) is 5.25. The molecule has 1 aliphatic heterocycles. The predicted octanol–water partition coefficient (Wildman–Crippen LogP) is 1.58. The van der Waals surface area contributed by atoms with Gasteiger partial charge < -0.3 is 14.6 Å². The summed E-state index contributed by atoms with van der Waals surface area (Å²) in [5.41, 5.74) is 0.689. The van der Waals surface area contributed by atoms with Gasteiger partial charge in [-0.1, -0.05) is 5.16 Å². The molecule has 0 saturated carbocycles. The van der Waals surface area contributed by atoms with Crippen molar-refractivity contribution in [2.75, 3.05) is 26.7 Å². The number of amides is 1. The Balaban J connectivity index is 1.83. The van der Waals surface area contributed by atoms with Crippen molar-refractivity contribution >= 4 is 5.91 Å². The number of carbonyl (C=O) groups excluding carboxylic acids is 1. The quantitative estimate of drug-likeness (QED) is 0.892. The average molecular weight is 321 g/mol. The standard InChI is InChI=1S/C13H18F3N3O3/c1-21-7-11-10(6-22-18-11)12(20)17-9-2-4-19(5-3-9)8-13(14,15)16/h6,9H,2-5,7-8H2,1H3,(H,17,20). The Morgan fingerprint density at radius 3 is 2.77 bits per heavy atom. The summed E-state index contributed by atoms with van der Waals surface area (Å²) in [5.74, 6) is -0.345. The Morgan fingerprint density at radius 2 is 2.18 bits per heavy atom. The largest absolute Gasteiger partial charge is 0.401 e. The SMILES string of the molecule is COCc1nocc1C(=O)NC1CCN(CC(F)(F)F)CC1. The number of aromatic nitrogens is 1. The fraction of sp³-hybridized carbons (Fsp3) is 0.692. The number of piperidine rings is 1. The number of likely N-dealkylation sites (tertiary alicyclic amines) is 1. The highest BCUT2D eigenvalue weighted by molar-refractivity contribution is 5.95. The van der Waals surface area contributed by atoms with Crippen LogP contribution in [-0.2, 0) is 11.3 Å². The summed E-state index contributed by atoms with van der Waals surface area (Å²) in [4.78, 5) is 13.5. The first-order chi connectivity index (χ1) is 10.4. The third-order valence-corrected chi connectivity index (χ3v) is 3.50. The maximum Gasteiger partial charge on any atom is 0.401 e. The number of halogens is 3. The molecule has 0 bridgehead atoms. The van der Waals surface area contributed by atoms with Gasteiger partial charge in [0.2, 0.25) is 0 Å².